The van der Waals surface area contributed by atoms with Gasteiger partial charge in [-0.1, -0.05) is 0 Å². The fourth-order valence-electron chi connectivity index (χ4n) is 5.37. The molecular formula is C23H30FN9O2. The van der Waals surface area contributed by atoms with Crippen LogP contribution in [0.3, 0.4) is 0 Å². The molecule has 2 saturated heterocycles. The first kappa shape index (κ1) is 23.2. The predicted molar refractivity (Wildman–Crippen MR) is 129 cm³/mol. The zero-order valence-corrected chi connectivity index (χ0v) is 20.3. The van der Waals surface area contributed by atoms with E-state index >= 15 is 0 Å². The number of aryl methyl sites for hydroxylation is 1. The first-order valence-electron chi connectivity index (χ1n) is 11.8. The molecule has 12 heteroatoms. The van der Waals surface area contributed by atoms with Crippen molar-refractivity contribution in [3.63, 3.8) is 0 Å². The highest BCUT2D eigenvalue weighted by Crippen LogP contribution is 2.38. The van der Waals surface area contributed by atoms with Gasteiger partial charge < -0.3 is 15.4 Å². The van der Waals surface area contributed by atoms with Crippen LogP contribution >= 0.6 is 0 Å². The molecule has 2 fully saturated rings. The van der Waals surface area contributed by atoms with Gasteiger partial charge in [0, 0.05) is 30.4 Å². The maximum Gasteiger partial charge on any atom is 0.368 e. The number of nitrogens with one attached hydrogen (secondary N) is 2. The second-order valence-corrected chi connectivity index (χ2v) is 9.78. The molecule has 0 radical (unpaired) electrons. The molecule has 2 atom stereocenters. The van der Waals surface area contributed by atoms with Gasteiger partial charge in [0.2, 0.25) is 5.95 Å². The van der Waals surface area contributed by atoms with Crippen molar-refractivity contribution in [2.45, 2.75) is 57.2 Å². The van der Waals surface area contributed by atoms with E-state index in [1.807, 2.05) is 0 Å². The molecule has 2 N–H and O–H groups in total. The highest BCUT2D eigenvalue weighted by atomic mass is 19.1. The number of halogens is 1. The number of benzene rings is 1. The zero-order valence-electron chi connectivity index (χ0n) is 20.3. The molecule has 4 heterocycles. The maximum atomic E-state index is 14.7. The molecule has 1 aromatic carbocycles. The summed E-state index contributed by atoms with van der Waals surface area (Å²) in [5.41, 5.74) is 0.624. The van der Waals surface area contributed by atoms with E-state index in [0.717, 1.165) is 34.9 Å². The number of piperidine rings is 1. The monoisotopic (exact) mass is 483 g/mol. The largest absolute Gasteiger partial charge is 0.494 e. The van der Waals surface area contributed by atoms with E-state index in [1.165, 1.54) is 27.0 Å². The molecule has 2 aliphatic rings. The Morgan fingerprint density at radius 2 is 2.09 bits per heavy atom. The lowest BCUT2D eigenvalue weighted by Crippen LogP contribution is -2.55. The molecule has 2 unspecified atom stereocenters. The number of nitrogens with zero attached hydrogens (tertiary/aromatic N) is 7. The van der Waals surface area contributed by atoms with E-state index in [0.29, 0.717) is 23.2 Å². The van der Waals surface area contributed by atoms with E-state index in [4.69, 9.17) is 4.74 Å². The summed E-state index contributed by atoms with van der Waals surface area (Å²) in [6.45, 7) is 5.64. The lowest BCUT2D eigenvalue weighted by molar-refractivity contribution is 0.0500. The fraction of sp³-hybridized carbons (Fsp3) is 0.522. The summed E-state index contributed by atoms with van der Waals surface area (Å²) >= 11 is 0. The van der Waals surface area contributed by atoms with Gasteiger partial charge in [-0.25, -0.2) is 14.2 Å². The third kappa shape index (κ3) is 4.45. The van der Waals surface area contributed by atoms with Crippen molar-refractivity contribution in [2.24, 2.45) is 7.05 Å². The number of rotatable bonds is 6. The maximum absolute atomic E-state index is 14.7. The van der Waals surface area contributed by atoms with Crippen LogP contribution in [0.25, 0.3) is 5.69 Å². The third-order valence-corrected chi connectivity index (χ3v) is 6.93. The summed E-state index contributed by atoms with van der Waals surface area (Å²) in [7, 11) is 3.02. The van der Waals surface area contributed by atoms with Crippen molar-refractivity contribution in [3.05, 3.63) is 40.7 Å². The number of anilines is 3. The van der Waals surface area contributed by atoms with Gasteiger partial charge in [0.25, 0.3) is 0 Å². The van der Waals surface area contributed by atoms with Gasteiger partial charge in [0.1, 0.15) is 11.4 Å². The summed E-state index contributed by atoms with van der Waals surface area (Å²) in [5, 5.41) is 14.1. The number of hydrogen-bond donors (Lipinski definition) is 2. The van der Waals surface area contributed by atoms with Gasteiger partial charge in [0.15, 0.2) is 11.6 Å². The Bertz CT molecular complexity index is 1290. The highest BCUT2D eigenvalue weighted by Gasteiger charge is 2.43. The summed E-state index contributed by atoms with van der Waals surface area (Å²) in [6.07, 6.45) is 5.41. The van der Waals surface area contributed by atoms with Crippen LogP contribution in [0.4, 0.5) is 21.8 Å². The van der Waals surface area contributed by atoms with Crippen molar-refractivity contribution in [1.82, 2.24) is 34.7 Å². The minimum atomic E-state index is -0.497. The molecule has 186 valence electrons. The van der Waals surface area contributed by atoms with E-state index in [1.54, 1.807) is 18.2 Å². The minimum absolute atomic E-state index is 0.0551. The van der Waals surface area contributed by atoms with E-state index < -0.39 is 11.5 Å². The van der Waals surface area contributed by atoms with E-state index in [9.17, 15) is 9.18 Å². The van der Waals surface area contributed by atoms with Crippen molar-refractivity contribution in [1.29, 1.82) is 0 Å². The van der Waals surface area contributed by atoms with E-state index in [2.05, 4.69) is 49.8 Å². The molecule has 35 heavy (non-hydrogen) atoms. The van der Waals surface area contributed by atoms with Gasteiger partial charge >= 0.3 is 5.69 Å². The van der Waals surface area contributed by atoms with Gasteiger partial charge in [-0.3, -0.25) is 4.90 Å². The second-order valence-electron chi connectivity index (χ2n) is 9.78. The molecular weight excluding hydrogens is 453 g/mol. The molecule has 3 aromatic rings. The van der Waals surface area contributed by atoms with Crippen molar-refractivity contribution in [2.75, 3.05) is 24.3 Å². The zero-order chi connectivity index (χ0) is 24.7. The summed E-state index contributed by atoms with van der Waals surface area (Å²) in [5.74, 6) is 0.354. The summed E-state index contributed by atoms with van der Waals surface area (Å²) in [4.78, 5) is 23.4. The molecule has 0 bridgehead atoms. The quantitative estimate of drug-likeness (QED) is 0.546. The molecule has 0 spiro atoms. The average Bonchev–Trinajstić information content (AvgIpc) is 3.43. The number of methoxy groups -OCH3 is 1. The molecule has 0 saturated carbocycles. The van der Waals surface area contributed by atoms with Crippen LogP contribution in [-0.4, -0.2) is 65.9 Å². The Labute approximate surface area is 202 Å². The van der Waals surface area contributed by atoms with Gasteiger partial charge in [-0.05, 0) is 74.7 Å². The van der Waals surface area contributed by atoms with Crippen LogP contribution in [0.2, 0.25) is 0 Å². The Balaban J connectivity index is 1.37. The third-order valence-electron chi connectivity index (χ3n) is 6.93. The molecule has 0 aliphatic carbocycles. The number of fused-ring (bicyclic) bond motifs is 1. The Morgan fingerprint density at radius 3 is 2.83 bits per heavy atom. The normalized spacial score (nSPS) is 21.5. The lowest BCUT2D eigenvalue weighted by Gasteiger charge is -2.47. The molecule has 5 rings (SSSR count). The molecule has 0 amide bonds. The first-order chi connectivity index (χ1) is 16.7. The molecule has 11 nitrogen and oxygen atoms in total. The second kappa shape index (κ2) is 8.91. The van der Waals surface area contributed by atoms with Gasteiger partial charge in [-0.2, -0.15) is 14.3 Å². The minimum Gasteiger partial charge on any atom is -0.494 e. The Kier molecular flexibility index (Phi) is 5.91. The first-order valence-corrected chi connectivity index (χ1v) is 11.8. The topological polar surface area (TPSA) is 115 Å². The van der Waals surface area contributed by atoms with Crippen molar-refractivity contribution in [3.8, 4) is 11.4 Å². The number of ether oxygens (including phenoxy) is 1. The van der Waals surface area contributed by atoms with Crippen molar-refractivity contribution >= 4 is 17.5 Å². The fourth-order valence-corrected chi connectivity index (χ4v) is 5.37. The van der Waals surface area contributed by atoms with Crippen LogP contribution < -0.4 is 21.1 Å². The average molecular weight is 484 g/mol. The van der Waals surface area contributed by atoms with Crippen LogP contribution in [0.1, 0.15) is 39.5 Å². The number of aromatic nitrogens is 6. The van der Waals surface area contributed by atoms with E-state index in [-0.39, 0.29) is 23.3 Å². The van der Waals surface area contributed by atoms with Crippen LogP contribution in [0.5, 0.6) is 5.75 Å². The number of tetrazole rings is 1. The molecule has 2 aliphatic heterocycles. The standard InChI is InChI=1S/C23H30FN9O2/c1-23(2)12-15(10-16-6-5-9-32(16)23)26-20-17(24)13-25-21(28-20)27-14-7-8-19(35-4)18(11-14)33-22(34)31(3)29-30-33/h7-8,11,13,15-16H,5-6,9-10,12H2,1-4H3,(H2,25,26,27,28). The van der Waals surface area contributed by atoms with Crippen LogP contribution in [0.15, 0.2) is 29.2 Å². The predicted octanol–water partition coefficient (Wildman–Crippen LogP) is 2.46. The van der Waals surface area contributed by atoms with Crippen molar-refractivity contribution < 1.29 is 9.13 Å². The Morgan fingerprint density at radius 1 is 1.26 bits per heavy atom. The van der Waals surface area contributed by atoms with Crippen LogP contribution in [-0.2, 0) is 7.05 Å². The Hall–Kier alpha value is -3.54. The summed E-state index contributed by atoms with van der Waals surface area (Å²) in [6, 6.07) is 5.76. The SMILES string of the molecule is COc1ccc(Nc2ncc(F)c(NC3CC4CCCN4C(C)(C)C3)n2)cc1-n1nnn(C)c1=O. The van der Waals surface area contributed by atoms with Crippen LogP contribution in [0, 0.1) is 5.82 Å². The van der Waals surface area contributed by atoms with Gasteiger partial charge in [-0.15, -0.1) is 0 Å². The van der Waals surface area contributed by atoms with Gasteiger partial charge in [0.05, 0.1) is 13.3 Å². The molecule has 2 aromatic heterocycles. The summed E-state index contributed by atoms with van der Waals surface area (Å²) < 4.78 is 22.3. The number of hydrogen-bond acceptors (Lipinski definition) is 9. The highest BCUT2D eigenvalue weighted by molar-refractivity contribution is 5.62. The smallest absolute Gasteiger partial charge is 0.368 e. The lowest BCUT2D eigenvalue weighted by atomic mass is 9.84.